The van der Waals surface area contributed by atoms with Gasteiger partial charge in [0, 0.05) is 53.7 Å². The largest absolute Gasteiger partial charge is 0.494 e. The van der Waals surface area contributed by atoms with Crippen LogP contribution in [0.25, 0.3) is 10.9 Å². The number of fused-ring (bicyclic) bond motifs is 1. The van der Waals surface area contributed by atoms with Crippen molar-refractivity contribution in [3.63, 3.8) is 0 Å². The summed E-state index contributed by atoms with van der Waals surface area (Å²) in [7, 11) is 2.15. The number of hydrogen-bond donors (Lipinski definition) is 4. The van der Waals surface area contributed by atoms with Crippen LogP contribution in [0.3, 0.4) is 0 Å². The predicted molar refractivity (Wildman–Crippen MR) is 166 cm³/mol. The quantitative estimate of drug-likeness (QED) is 0.127. The highest BCUT2D eigenvalue weighted by molar-refractivity contribution is 6.22. The summed E-state index contributed by atoms with van der Waals surface area (Å²) in [6.07, 6.45) is 0. The highest BCUT2D eigenvalue weighted by atomic mass is 16.7. The van der Waals surface area contributed by atoms with E-state index in [0.29, 0.717) is 57.7 Å². The zero-order valence-corrected chi connectivity index (χ0v) is 24.8. The monoisotopic (exact) mass is 583 g/mol. The zero-order valence-electron chi connectivity index (χ0n) is 24.8. The van der Waals surface area contributed by atoms with Gasteiger partial charge < -0.3 is 15.2 Å². The van der Waals surface area contributed by atoms with E-state index >= 15 is 0 Å². The van der Waals surface area contributed by atoms with Gasteiger partial charge in [-0.3, -0.25) is 19.4 Å². The van der Waals surface area contributed by atoms with Crippen LogP contribution in [0.5, 0.6) is 5.88 Å². The number of benzene rings is 3. The number of carboxylic acids is 1. The lowest BCUT2D eigenvalue weighted by molar-refractivity contribution is 0.00386. The highest BCUT2D eigenvalue weighted by Gasteiger charge is 2.26. The lowest BCUT2D eigenvalue weighted by atomic mass is 9.98. The molecule has 3 aromatic carbocycles. The molecule has 1 aromatic heterocycles. The smallest absolute Gasteiger partial charge is 0.336 e. The number of aromatic hydroxyl groups is 1. The zero-order chi connectivity index (χ0) is 30.7. The molecule has 1 saturated heterocycles. The fraction of sp³-hybridized carbons (Fsp3) is 0.303. The second-order valence-electron chi connectivity index (χ2n) is 11.1. The minimum atomic E-state index is -1.04. The van der Waals surface area contributed by atoms with Gasteiger partial charge in [-0.05, 0) is 69.8 Å². The van der Waals surface area contributed by atoms with Gasteiger partial charge in [0.1, 0.15) is 0 Å². The Bertz CT molecular complexity index is 1640. The van der Waals surface area contributed by atoms with Gasteiger partial charge in [-0.15, -0.1) is 0 Å². The lowest BCUT2D eigenvalue weighted by Gasteiger charge is -2.42. The molecule has 1 amide bonds. The second kappa shape index (κ2) is 12.8. The number of nitrogens with one attached hydrogen (secondary N) is 2. The molecule has 0 saturated carbocycles. The van der Waals surface area contributed by atoms with E-state index in [2.05, 4.69) is 41.2 Å². The van der Waals surface area contributed by atoms with E-state index in [1.165, 1.54) is 6.07 Å². The van der Waals surface area contributed by atoms with Gasteiger partial charge in [0.2, 0.25) is 0 Å². The molecular formula is C33H37N5O5. The summed E-state index contributed by atoms with van der Waals surface area (Å²) in [5.74, 6) is -1.51. The minimum absolute atomic E-state index is 0.117. The molecular weight excluding hydrogens is 546 g/mol. The first-order valence-corrected chi connectivity index (χ1v) is 14.3. The SMILES string of the molecule is Cc1cc2c(C(=Nc3ccc(C(=O)NOCCN4C[C@@H](C)N(C)[C@@H](C)C4)cc3)c3ccccc3)c(O)[nH]c2cc1C(=O)O. The van der Waals surface area contributed by atoms with Crippen molar-refractivity contribution >= 4 is 34.2 Å². The number of carbonyl (C=O) groups is 2. The van der Waals surface area contributed by atoms with E-state index < -0.39 is 5.97 Å². The van der Waals surface area contributed by atoms with Crippen molar-refractivity contribution in [1.29, 1.82) is 0 Å². The molecule has 4 aromatic rings. The van der Waals surface area contributed by atoms with Crippen molar-refractivity contribution in [2.45, 2.75) is 32.9 Å². The maximum absolute atomic E-state index is 12.7. The van der Waals surface area contributed by atoms with Crippen LogP contribution in [0, 0.1) is 6.92 Å². The van der Waals surface area contributed by atoms with Gasteiger partial charge in [0.15, 0.2) is 5.88 Å². The summed E-state index contributed by atoms with van der Waals surface area (Å²) < 4.78 is 0. The molecule has 10 heteroatoms. The maximum atomic E-state index is 12.7. The van der Waals surface area contributed by atoms with Crippen LogP contribution in [0.15, 0.2) is 71.7 Å². The summed E-state index contributed by atoms with van der Waals surface area (Å²) in [6.45, 7) is 9.19. The lowest BCUT2D eigenvalue weighted by Crippen LogP contribution is -2.55. The first kappa shape index (κ1) is 30.0. The number of rotatable bonds is 9. The summed E-state index contributed by atoms with van der Waals surface area (Å²) >= 11 is 0. The van der Waals surface area contributed by atoms with Crippen molar-refractivity contribution < 1.29 is 24.6 Å². The average Bonchev–Trinajstić information content (AvgIpc) is 3.31. The third-order valence-electron chi connectivity index (χ3n) is 8.12. The normalized spacial score (nSPS) is 18.2. The molecule has 0 unspecified atom stereocenters. The maximum Gasteiger partial charge on any atom is 0.336 e. The van der Waals surface area contributed by atoms with Gasteiger partial charge >= 0.3 is 5.97 Å². The minimum Gasteiger partial charge on any atom is -0.494 e. The number of aryl methyl sites for hydroxylation is 1. The molecule has 0 aliphatic carbocycles. The molecule has 0 bridgehead atoms. The van der Waals surface area contributed by atoms with E-state index in [9.17, 15) is 19.8 Å². The van der Waals surface area contributed by atoms with Crippen LogP contribution >= 0.6 is 0 Å². The van der Waals surface area contributed by atoms with Crippen LogP contribution in [-0.2, 0) is 4.84 Å². The molecule has 4 N–H and O–H groups in total. The Morgan fingerprint density at radius 1 is 1.02 bits per heavy atom. The second-order valence-corrected chi connectivity index (χ2v) is 11.1. The van der Waals surface area contributed by atoms with E-state index in [0.717, 1.165) is 25.2 Å². The Morgan fingerprint density at radius 2 is 1.70 bits per heavy atom. The number of likely N-dealkylation sites (N-methyl/N-ethyl adjacent to an activating group) is 1. The molecule has 43 heavy (non-hydrogen) atoms. The topological polar surface area (TPSA) is 130 Å². The molecule has 1 aliphatic heterocycles. The van der Waals surface area contributed by atoms with Gasteiger partial charge in [-0.25, -0.2) is 15.3 Å². The molecule has 224 valence electrons. The molecule has 5 rings (SSSR count). The molecule has 0 spiro atoms. The number of carboxylic acid groups (broad SMARTS) is 1. The molecule has 1 fully saturated rings. The van der Waals surface area contributed by atoms with E-state index in [1.54, 1.807) is 37.3 Å². The van der Waals surface area contributed by atoms with Crippen molar-refractivity contribution in [1.82, 2.24) is 20.3 Å². The number of piperazine rings is 1. The van der Waals surface area contributed by atoms with Gasteiger partial charge in [-0.2, -0.15) is 0 Å². The number of aliphatic imine (C=N–C) groups is 1. The number of hydrogen-bond acceptors (Lipinski definition) is 7. The van der Waals surface area contributed by atoms with Crippen LogP contribution in [0.2, 0.25) is 0 Å². The fourth-order valence-electron chi connectivity index (χ4n) is 5.53. The molecule has 2 heterocycles. The standard InChI is InChI=1S/C33H37N5O5/c1-20-16-27-28(17-26(20)33(41)42)35-32(40)29(27)30(23-8-6-5-7-9-23)34-25-12-10-24(11-13-25)31(39)36-43-15-14-38-18-21(2)37(4)22(3)19-38/h5-13,16-17,21-22,35,40H,14-15,18-19H2,1-4H3,(H,36,39)(H,41,42)/t21-,22+. The van der Waals surface area contributed by atoms with Crippen molar-refractivity contribution in [2.24, 2.45) is 4.99 Å². The van der Waals surface area contributed by atoms with E-state index in [1.807, 2.05) is 30.3 Å². The summed E-state index contributed by atoms with van der Waals surface area (Å²) in [5, 5.41) is 21.1. The van der Waals surface area contributed by atoms with Gasteiger partial charge in [0.25, 0.3) is 5.91 Å². The van der Waals surface area contributed by atoms with E-state index in [4.69, 9.17) is 9.83 Å². The van der Waals surface area contributed by atoms with Crippen LogP contribution in [0.1, 0.15) is 51.3 Å². The van der Waals surface area contributed by atoms with Crippen molar-refractivity contribution in [2.75, 3.05) is 33.3 Å². The number of aromatic amines is 1. The summed E-state index contributed by atoms with van der Waals surface area (Å²) in [4.78, 5) is 42.3. The molecule has 0 radical (unpaired) electrons. The van der Waals surface area contributed by atoms with Crippen LogP contribution < -0.4 is 5.48 Å². The van der Waals surface area contributed by atoms with Crippen molar-refractivity contribution in [3.05, 3.63) is 94.5 Å². The highest BCUT2D eigenvalue weighted by Crippen LogP contribution is 2.33. The van der Waals surface area contributed by atoms with Gasteiger partial charge in [0.05, 0.1) is 29.1 Å². The molecule has 10 nitrogen and oxygen atoms in total. The summed E-state index contributed by atoms with van der Waals surface area (Å²) in [6, 6.07) is 20.4. The Kier molecular flexibility index (Phi) is 8.91. The third kappa shape index (κ3) is 6.61. The van der Waals surface area contributed by atoms with Crippen LogP contribution in [-0.4, -0.2) is 88.0 Å². The first-order chi connectivity index (χ1) is 20.6. The summed E-state index contributed by atoms with van der Waals surface area (Å²) in [5.41, 5.74) is 6.46. The van der Waals surface area contributed by atoms with Crippen molar-refractivity contribution in [3.8, 4) is 5.88 Å². The fourth-order valence-corrected chi connectivity index (χ4v) is 5.53. The Morgan fingerprint density at radius 3 is 2.35 bits per heavy atom. The number of nitrogens with zero attached hydrogens (tertiary/aromatic N) is 3. The number of amides is 1. The molecule has 1 aliphatic rings. The number of H-pyrrole nitrogens is 1. The van der Waals surface area contributed by atoms with E-state index in [-0.39, 0.29) is 17.4 Å². The Hall–Kier alpha value is -4.51. The number of aromatic nitrogens is 1. The molecule has 2 atom stereocenters. The number of aromatic carboxylic acids is 1. The average molecular weight is 584 g/mol. The number of carbonyl (C=O) groups excluding carboxylic acids is 1. The third-order valence-corrected chi connectivity index (χ3v) is 8.12. The predicted octanol–water partition coefficient (Wildman–Crippen LogP) is 4.74. The van der Waals surface area contributed by atoms with Gasteiger partial charge in [-0.1, -0.05) is 30.3 Å². The van der Waals surface area contributed by atoms with Crippen LogP contribution in [0.4, 0.5) is 5.69 Å². The Labute approximate surface area is 250 Å². The Balaban J connectivity index is 1.33. The number of hydroxylamine groups is 1. The first-order valence-electron chi connectivity index (χ1n) is 14.3.